The van der Waals surface area contributed by atoms with Gasteiger partial charge in [0.1, 0.15) is 0 Å². The van der Waals surface area contributed by atoms with Gasteiger partial charge >= 0.3 is 0 Å². The SMILES string of the molecule is C=CNC[C@]1(Cc2ccc(Cl)cc2)C=CC(C)CC1. The first-order valence-electron chi connectivity index (χ1n) is 6.92. The molecule has 0 aliphatic heterocycles. The summed E-state index contributed by atoms with van der Waals surface area (Å²) in [5.74, 6) is 0.696. The van der Waals surface area contributed by atoms with Gasteiger partial charge in [-0.2, -0.15) is 0 Å². The van der Waals surface area contributed by atoms with Crippen molar-refractivity contribution >= 4 is 11.6 Å². The highest BCUT2D eigenvalue weighted by Gasteiger charge is 2.30. The van der Waals surface area contributed by atoms with Gasteiger partial charge in [-0.3, -0.25) is 0 Å². The van der Waals surface area contributed by atoms with Gasteiger partial charge in [0.15, 0.2) is 0 Å². The molecule has 1 aliphatic rings. The second-order valence-electron chi connectivity index (χ2n) is 5.63. The van der Waals surface area contributed by atoms with Crippen LogP contribution in [0.15, 0.2) is 49.2 Å². The average molecular weight is 276 g/mol. The maximum Gasteiger partial charge on any atom is 0.0406 e. The first-order valence-corrected chi connectivity index (χ1v) is 7.29. The molecular formula is C17H22ClN. The Kier molecular flexibility index (Phi) is 4.71. The molecule has 0 heterocycles. The normalized spacial score (nSPS) is 26.1. The lowest BCUT2D eigenvalue weighted by Crippen LogP contribution is -2.34. The number of rotatable bonds is 5. The second-order valence-corrected chi connectivity index (χ2v) is 6.06. The van der Waals surface area contributed by atoms with E-state index < -0.39 is 0 Å². The largest absolute Gasteiger partial charge is 0.390 e. The molecule has 19 heavy (non-hydrogen) atoms. The summed E-state index contributed by atoms with van der Waals surface area (Å²) >= 11 is 5.95. The molecular weight excluding hydrogens is 254 g/mol. The maximum atomic E-state index is 5.95. The number of halogens is 1. The van der Waals surface area contributed by atoms with Crippen LogP contribution in [-0.2, 0) is 6.42 Å². The molecule has 0 saturated heterocycles. The van der Waals surface area contributed by atoms with Gasteiger partial charge < -0.3 is 5.32 Å². The number of hydrogen-bond donors (Lipinski definition) is 1. The monoisotopic (exact) mass is 275 g/mol. The molecule has 2 atom stereocenters. The molecule has 0 bridgehead atoms. The Morgan fingerprint density at radius 3 is 2.74 bits per heavy atom. The molecule has 0 fully saturated rings. The molecule has 1 aromatic carbocycles. The minimum atomic E-state index is 0.203. The highest BCUT2D eigenvalue weighted by molar-refractivity contribution is 6.30. The Hall–Kier alpha value is -1.21. The lowest BCUT2D eigenvalue weighted by Gasteiger charge is -2.35. The predicted molar refractivity (Wildman–Crippen MR) is 83.3 cm³/mol. The van der Waals surface area contributed by atoms with Crippen molar-refractivity contribution in [3.05, 3.63) is 59.8 Å². The molecule has 0 saturated carbocycles. The van der Waals surface area contributed by atoms with E-state index in [2.05, 4.69) is 43.1 Å². The summed E-state index contributed by atoms with van der Waals surface area (Å²) in [7, 11) is 0. The zero-order valence-corrected chi connectivity index (χ0v) is 12.3. The fraction of sp³-hybridized carbons (Fsp3) is 0.412. The van der Waals surface area contributed by atoms with Crippen LogP contribution in [0.25, 0.3) is 0 Å². The van der Waals surface area contributed by atoms with Crippen molar-refractivity contribution in [3.63, 3.8) is 0 Å². The van der Waals surface area contributed by atoms with Gasteiger partial charge in [-0.25, -0.2) is 0 Å². The van der Waals surface area contributed by atoms with Gasteiger partial charge in [0.2, 0.25) is 0 Å². The van der Waals surface area contributed by atoms with Gasteiger partial charge in [-0.1, -0.05) is 49.4 Å². The topological polar surface area (TPSA) is 12.0 Å². The van der Waals surface area contributed by atoms with Gasteiger partial charge in [-0.05, 0) is 49.1 Å². The van der Waals surface area contributed by atoms with E-state index in [4.69, 9.17) is 11.6 Å². The van der Waals surface area contributed by atoms with E-state index in [-0.39, 0.29) is 5.41 Å². The molecule has 2 heteroatoms. The van der Waals surface area contributed by atoms with Crippen molar-refractivity contribution in [1.29, 1.82) is 0 Å². The van der Waals surface area contributed by atoms with Gasteiger partial charge in [-0.15, -0.1) is 0 Å². The lowest BCUT2D eigenvalue weighted by atomic mass is 9.72. The van der Waals surface area contributed by atoms with E-state index in [0.717, 1.165) is 18.0 Å². The summed E-state index contributed by atoms with van der Waals surface area (Å²) in [5.41, 5.74) is 1.55. The van der Waals surface area contributed by atoms with Crippen LogP contribution < -0.4 is 5.32 Å². The quantitative estimate of drug-likeness (QED) is 0.775. The number of allylic oxidation sites excluding steroid dienone is 1. The highest BCUT2D eigenvalue weighted by atomic mass is 35.5. The fourth-order valence-corrected chi connectivity index (χ4v) is 2.83. The average Bonchev–Trinajstić information content (AvgIpc) is 2.43. The van der Waals surface area contributed by atoms with E-state index in [1.165, 1.54) is 18.4 Å². The Labute approximate surface area is 121 Å². The zero-order valence-electron chi connectivity index (χ0n) is 11.5. The van der Waals surface area contributed by atoms with E-state index >= 15 is 0 Å². The number of hydrogen-bond acceptors (Lipinski definition) is 1. The summed E-state index contributed by atoms with van der Waals surface area (Å²) in [6, 6.07) is 8.20. The van der Waals surface area contributed by atoms with E-state index in [1.54, 1.807) is 6.20 Å². The molecule has 2 rings (SSSR count). The van der Waals surface area contributed by atoms with E-state index in [9.17, 15) is 0 Å². The van der Waals surface area contributed by atoms with Crippen LogP contribution in [0.1, 0.15) is 25.3 Å². The van der Waals surface area contributed by atoms with Crippen LogP contribution in [0.3, 0.4) is 0 Å². The molecule has 0 aromatic heterocycles. The molecule has 1 N–H and O–H groups in total. The summed E-state index contributed by atoms with van der Waals surface area (Å²) in [4.78, 5) is 0. The summed E-state index contributed by atoms with van der Waals surface area (Å²) in [5, 5.41) is 4.09. The van der Waals surface area contributed by atoms with Crippen molar-refractivity contribution in [2.45, 2.75) is 26.2 Å². The first-order chi connectivity index (χ1) is 9.13. The highest BCUT2D eigenvalue weighted by Crippen LogP contribution is 2.36. The Morgan fingerprint density at radius 2 is 2.16 bits per heavy atom. The molecule has 1 aromatic rings. The number of benzene rings is 1. The molecule has 0 amide bonds. The summed E-state index contributed by atoms with van der Waals surface area (Å²) in [6.07, 6.45) is 10.1. The Bertz CT molecular complexity index is 449. The lowest BCUT2D eigenvalue weighted by molar-refractivity contribution is 0.298. The molecule has 1 unspecified atom stereocenters. The van der Waals surface area contributed by atoms with Gasteiger partial charge in [0.25, 0.3) is 0 Å². The van der Waals surface area contributed by atoms with Crippen LogP contribution >= 0.6 is 11.6 Å². The molecule has 0 radical (unpaired) electrons. The van der Waals surface area contributed by atoms with Gasteiger partial charge in [0.05, 0.1) is 0 Å². The first kappa shape index (κ1) is 14.2. The Balaban J connectivity index is 2.16. The predicted octanol–water partition coefficient (Wildman–Crippen LogP) is 4.59. The van der Waals surface area contributed by atoms with Crippen molar-refractivity contribution < 1.29 is 0 Å². The van der Waals surface area contributed by atoms with Crippen LogP contribution in [0.2, 0.25) is 5.02 Å². The molecule has 0 spiro atoms. The third-order valence-corrected chi connectivity index (χ3v) is 4.20. The zero-order chi connectivity index (χ0) is 13.7. The third-order valence-electron chi connectivity index (χ3n) is 3.94. The number of nitrogens with one attached hydrogen (secondary N) is 1. The standard InChI is InChI=1S/C17H22ClN/c1-3-19-13-17(10-8-14(2)9-11-17)12-15-4-6-16(18)7-5-15/h3-8,10,14,19H,1,9,11-13H2,2H3/t14?,17-/m1/s1. The summed E-state index contributed by atoms with van der Waals surface area (Å²) in [6.45, 7) is 6.99. The molecule has 1 aliphatic carbocycles. The van der Waals surface area contributed by atoms with E-state index in [0.29, 0.717) is 5.92 Å². The van der Waals surface area contributed by atoms with Crippen molar-refractivity contribution in [2.75, 3.05) is 6.54 Å². The van der Waals surface area contributed by atoms with Crippen molar-refractivity contribution in [2.24, 2.45) is 11.3 Å². The third kappa shape index (κ3) is 3.87. The van der Waals surface area contributed by atoms with Crippen LogP contribution in [0.4, 0.5) is 0 Å². The summed E-state index contributed by atoms with van der Waals surface area (Å²) < 4.78 is 0. The molecule has 1 nitrogen and oxygen atoms in total. The fourth-order valence-electron chi connectivity index (χ4n) is 2.70. The van der Waals surface area contributed by atoms with Crippen LogP contribution in [-0.4, -0.2) is 6.54 Å². The van der Waals surface area contributed by atoms with Crippen molar-refractivity contribution in [1.82, 2.24) is 5.32 Å². The Morgan fingerprint density at radius 1 is 1.42 bits per heavy atom. The minimum absolute atomic E-state index is 0.203. The van der Waals surface area contributed by atoms with Gasteiger partial charge in [0, 0.05) is 17.0 Å². The smallest absolute Gasteiger partial charge is 0.0406 e. The van der Waals surface area contributed by atoms with Crippen LogP contribution in [0.5, 0.6) is 0 Å². The maximum absolute atomic E-state index is 5.95. The van der Waals surface area contributed by atoms with E-state index in [1.807, 2.05) is 12.1 Å². The molecule has 102 valence electrons. The van der Waals surface area contributed by atoms with Crippen LogP contribution in [0, 0.1) is 11.3 Å². The van der Waals surface area contributed by atoms with Crippen molar-refractivity contribution in [3.8, 4) is 0 Å². The second kappa shape index (κ2) is 6.29. The minimum Gasteiger partial charge on any atom is -0.390 e.